The van der Waals surface area contributed by atoms with E-state index in [1.807, 2.05) is 77.7 Å². The topological polar surface area (TPSA) is 48.5 Å². The summed E-state index contributed by atoms with van der Waals surface area (Å²) in [5.74, 6) is 0.778. The highest BCUT2D eigenvalue weighted by molar-refractivity contribution is 6.32. The maximum atomic E-state index is 13.0. The van der Waals surface area contributed by atoms with Gasteiger partial charge in [0, 0.05) is 32.4 Å². The summed E-state index contributed by atoms with van der Waals surface area (Å²) in [6.45, 7) is 2.64. The first-order valence-electron chi connectivity index (χ1n) is 9.73. The van der Waals surface area contributed by atoms with E-state index in [1.54, 1.807) is 6.20 Å². The van der Waals surface area contributed by atoms with Crippen molar-refractivity contribution < 1.29 is 4.79 Å². The number of pyridine rings is 1. The molecule has 1 aromatic heterocycles. The van der Waals surface area contributed by atoms with E-state index in [0.29, 0.717) is 31.2 Å². The van der Waals surface area contributed by atoms with Crippen LogP contribution in [0.15, 0.2) is 79.0 Å². The zero-order valence-electron chi connectivity index (χ0n) is 16.0. The predicted molar refractivity (Wildman–Crippen MR) is 116 cm³/mol. The van der Waals surface area contributed by atoms with Crippen molar-refractivity contribution >= 4 is 23.4 Å². The second-order valence-electron chi connectivity index (χ2n) is 6.99. The SMILES string of the molecule is O=C(NC(c1ccccc1)c1ccccc1)N1CCN(c2ncccc2Cl)CC1. The number of amides is 2. The van der Waals surface area contributed by atoms with Gasteiger partial charge in [-0.1, -0.05) is 72.3 Å². The number of carbonyl (C=O) groups excluding carboxylic acids is 1. The van der Waals surface area contributed by atoms with Crippen LogP contribution in [0.25, 0.3) is 0 Å². The highest BCUT2D eigenvalue weighted by atomic mass is 35.5. The fraction of sp³-hybridized carbons (Fsp3) is 0.217. The van der Waals surface area contributed by atoms with Crippen molar-refractivity contribution in [1.82, 2.24) is 15.2 Å². The Morgan fingerprint density at radius 3 is 2.00 bits per heavy atom. The van der Waals surface area contributed by atoms with E-state index in [4.69, 9.17) is 11.6 Å². The van der Waals surface area contributed by atoms with E-state index in [2.05, 4.69) is 15.2 Å². The molecule has 5 nitrogen and oxygen atoms in total. The Morgan fingerprint density at radius 2 is 1.45 bits per heavy atom. The van der Waals surface area contributed by atoms with Crippen LogP contribution in [0.3, 0.4) is 0 Å². The number of nitrogens with zero attached hydrogens (tertiary/aromatic N) is 3. The maximum absolute atomic E-state index is 13.0. The minimum Gasteiger partial charge on any atom is -0.352 e. The standard InChI is InChI=1S/C23H23ClN4O/c24-20-12-7-13-25-22(20)27-14-16-28(17-15-27)23(29)26-21(18-8-3-1-4-9-18)19-10-5-2-6-11-19/h1-13,21H,14-17H2,(H,26,29). The summed E-state index contributed by atoms with van der Waals surface area (Å²) in [5.41, 5.74) is 2.12. The Bertz CT molecular complexity index is 904. The molecule has 0 bridgehead atoms. The van der Waals surface area contributed by atoms with Crippen LogP contribution in [0.2, 0.25) is 5.02 Å². The Hall–Kier alpha value is -3.05. The minimum absolute atomic E-state index is 0.0607. The fourth-order valence-corrected chi connectivity index (χ4v) is 3.84. The molecule has 1 saturated heterocycles. The molecule has 148 valence electrons. The van der Waals surface area contributed by atoms with E-state index in [1.165, 1.54) is 0 Å². The van der Waals surface area contributed by atoms with Crippen molar-refractivity contribution in [3.8, 4) is 0 Å². The number of hydrogen-bond donors (Lipinski definition) is 1. The van der Waals surface area contributed by atoms with Crippen LogP contribution in [-0.4, -0.2) is 42.1 Å². The van der Waals surface area contributed by atoms with E-state index in [9.17, 15) is 4.79 Å². The smallest absolute Gasteiger partial charge is 0.318 e. The number of carbonyl (C=O) groups is 1. The van der Waals surface area contributed by atoms with Crippen LogP contribution >= 0.6 is 11.6 Å². The molecule has 1 fully saturated rings. The quantitative estimate of drug-likeness (QED) is 0.700. The maximum Gasteiger partial charge on any atom is 0.318 e. The molecule has 0 spiro atoms. The monoisotopic (exact) mass is 406 g/mol. The molecule has 2 aromatic carbocycles. The largest absolute Gasteiger partial charge is 0.352 e. The van der Waals surface area contributed by atoms with Crippen LogP contribution in [0.5, 0.6) is 0 Å². The zero-order chi connectivity index (χ0) is 20.1. The highest BCUT2D eigenvalue weighted by Gasteiger charge is 2.25. The fourth-order valence-electron chi connectivity index (χ4n) is 3.60. The van der Waals surface area contributed by atoms with Gasteiger partial charge in [0.2, 0.25) is 0 Å². The Kier molecular flexibility index (Phi) is 5.96. The lowest BCUT2D eigenvalue weighted by Crippen LogP contribution is -2.52. The van der Waals surface area contributed by atoms with E-state index >= 15 is 0 Å². The van der Waals surface area contributed by atoms with Crippen molar-refractivity contribution in [2.24, 2.45) is 0 Å². The molecule has 1 aliphatic heterocycles. The summed E-state index contributed by atoms with van der Waals surface area (Å²) < 4.78 is 0. The number of urea groups is 1. The van der Waals surface area contributed by atoms with Crippen LogP contribution in [0, 0.1) is 0 Å². The van der Waals surface area contributed by atoms with Gasteiger partial charge in [-0.3, -0.25) is 0 Å². The van der Waals surface area contributed by atoms with Crippen LogP contribution in [-0.2, 0) is 0 Å². The van der Waals surface area contributed by atoms with Crippen molar-refractivity contribution in [3.63, 3.8) is 0 Å². The van der Waals surface area contributed by atoms with Gasteiger partial charge in [-0.15, -0.1) is 0 Å². The molecule has 1 N–H and O–H groups in total. The summed E-state index contributed by atoms with van der Waals surface area (Å²) in [5, 5.41) is 3.85. The van der Waals surface area contributed by atoms with Gasteiger partial charge >= 0.3 is 6.03 Å². The second-order valence-corrected chi connectivity index (χ2v) is 7.39. The molecule has 0 saturated carbocycles. The number of halogens is 1. The number of piperazine rings is 1. The molecule has 0 unspecified atom stereocenters. The average Bonchev–Trinajstić information content (AvgIpc) is 2.79. The third kappa shape index (κ3) is 4.51. The lowest BCUT2D eigenvalue weighted by Gasteiger charge is -2.36. The lowest BCUT2D eigenvalue weighted by atomic mass is 9.99. The van der Waals surface area contributed by atoms with E-state index in [0.717, 1.165) is 16.9 Å². The van der Waals surface area contributed by atoms with Gasteiger partial charge in [0.25, 0.3) is 0 Å². The molecule has 2 amide bonds. The molecular formula is C23H23ClN4O. The van der Waals surface area contributed by atoms with E-state index < -0.39 is 0 Å². The first-order valence-corrected chi connectivity index (χ1v) is 10.1. The number of aromatic nitrogens is 1. The van der Waals surface area contributed by atoms with Gasteiger partial charge in [-0.2, -0.15) is 0 Å². The zero-order valence-corrected chi connectivity index (χ0v) is 16.8. The molecule has 29 heavy (non-hydrogen) atoms. The highest BCUT2D eigenvalue weighted by Crippen LogP contribution is 2.24. The van der Waals surface area contributed by atoms with Crippen molar-refractivity contribution in [2.75, 3.05) is 31.1 Å². The van der Waals surface area contributed by atoms with Gasteiger partial charge in [-0.05, 0) is 23.3 Å². The summed E-state index contributed by atoms with van der Waals surface area (Å²) in [6, 6.07) is 23.5. The number of rotatable bonds is 4. The predicted octanol–water partition coefficient (Wildman–Crippen LogP) is 4.36. The molecule has 1 aliphatic rings. The van der Waals surface area contributed by atoms with Crippen LogP contribution in [0.1, 0.15) is 17.2 Å². The molecule has 0 radical (unpaired) electrons. The summed E-state index contributed by atoms with van der Waals surface area (Å²) in [4.78, 5) is 21.4. The Balaban J connectivity index is 1.44. The van der Waals surface area contributed by atoms with Gasteiger partial charge in [0.1, 0.15) is 5.82 Å². The number of hydrogen-bond acceptors (Lipinski definition) is 3. The number of benzene rings is 2. The first kappa shape index (κ1) is 19.3. The molecule has 2 heterocycles. The van der Waals surface area contributed by atoms with Crippen molar-refractivity contribution in [1.29, 1.82) is 0 Å². The van der Waals surface area contributed by atoms with Crippen molar-refractivity contribution in [3.05, 3.63) is 95.1 Å². The van der Waals surface area contributed by atoms with Crippen LogP contribution < -0.4 is 10.2 Å². The number of anilines is 1. The first-order chi connectivity index (χ1) is 14.2. The average molecular weight is 407 g/mol. The summed E-state index contributed by atoms with van der Waals surface area (Å²) in [7, 11) is 0. The third-order valence-electron chi connectivity index (χ3n) is 5.14. The third-order valence-corrected chi connectivity index (χ3v) is 5.43. The van der Waals surface area contributed by atoms with Crippen LogP contribution in [0.4, 0.5) is 10.6 Å². The number of nitrogens with one attached hydrogen (secondary N) is 1. The van der Waals surface area contributed by atoms with Gasteiger partial charge in [0.15, 0.2) is 0 Å². The molecule has 6 heteroatoms. The van der Waals surface area contributed by atoms with E-state index in [-0.39, 0.29) is 12.1 Å². The Labute approximate surface area is 175 Å². The molecule has 4 rings (SSSR count). The summed E-state index contributed by atoms with van der Waals surface area (Å²) >= 11 is 6.26. The minimum atomic E-state index is -0.187. The molecule has 0 atom stereocenters. The van der Waals surface area contributed by atoms with Gasteiger partial charge in [0.05, 0.1) is 11.1 Å². The molecule has 3 aromatic rings. The summed E-state index contributed by atoms with van der Waals surface area (Å²) in [6.07, 6.45) is 1.74. The van der Waals surface area contributed by atoms with Gasteiger partial charge in [-0.25, -0.2) is 9.78 Å². The molecular weight excluding hydrogens is 384 g/mol. The normalized spacial score (nSPS) is 14.1. The second kappa shape index (κ2) is 8.97. The Morgan fingerprint density at radius 1 is 0.862 bits per heavy atom. The van der Waals surface area contributed by atoms with Crippen molar-refractivity contribution in [2.45, 2.75) is 6.04 Å². The van der Waals surface area contributed by atoms with Gasteiger partial charge < -0.3 is 15.1 Å². The molecule has 0 aliphatic carbocycles. The lowest BCUT2D eigenvalue weighted by molar-refractivity contribution is 0.192.